The standard InChI is InChI=1S/C19H16ClFN4O/c20-15-3-1-2-13(17(15)21)10-25-9-6-14-16(11-25)23-18(24-19(14)26)12-4-7-22-8-5-12/h1-5,7-8H,6,9-11H2,(H,23,24,26). The van der Waals surface area contributed by atoms with Crippen LogP contribution >= 0.6 is 11.6 Å². The second-order valence-corrected chi connectivity index (χ2v) is 6.66. The number of rotatable bonds is 3. The van der Waals surface area contributed by atoms with Crippen LogP contribution in [0.5, 0.6) is 0 Å². The minimum absolute atomic E-state index is 0.115. The fraction of sp³-hybridized carbons (Fsp3) is 0.211. The smallest absolute Gasteiger partial charge is 0.254 e. The summed E-state index contributed by atoms with van der Waals surface area (Å²) in [5.74, 6) is 0.128. The Morgan fingerprint density at radius 2 is 2.04 bits per heavy atom. The van der Waals surface area contributed by atoms with E-state index in [9.17, 15) is 9.18 Å². The molecule has 0 fully saturated rings. The molecule has 0 spiro atoms. The summed E-state index contributed by atoms with van der Waals surface area (Å²) in [6.07, 6.45) is 3.89. The Hall–Kier alpha value is -2.57. The lowest BCUT2D eigenvalue weighted by Gasteiger charge is -2.28. The summed E-state index contributed by atoms with van der Waals surface area (Å²) in [6, 6.07) is 8.60. The van der Waals surface area contributed by atoms with Gasteiger partial charge >= 0.3 is 0 Å². The van der Waals surface area contributed by atoms with Crippen LogP contribution in [0.25, 0.3) is 11.4 Å². The van der Waals surface area contributed by atoms with Crippen LogP contribution in [0.3, 0.4) is 0 Å². The van der Waals surface area contributed by atoms with Crippen molar-refractivity contribution in [2.75, 3.05) is 6.54 Å². The van der Waals surface area contributed by atoms with Gasteiger partial charge in [-0.3, -0.25) is 14.7 Å². The lowest BCUT2D eigenvalue weighted by Crippen LogP contribution is -2.35. The normalized spacial score (nSPS) is 14.2. The van der Waals surface area contributed by atoms with E-state index in [1.807, 2.05) is 0 Å². The van der Waals surface area contributed by atoms with Crippen molar-refractivity contribution in [3.63, 3.8) is 0 Å². The van der Waals surface area contributed by atoms with E-state index in [-0.39, 0.29) is 10.6 Å². The molecule has 0 atom stereocenters. The Morgan fingerprint density at radius 3 is 2.85 bits per heavy atom. The molecule has 0 unspecified atom stereocenters. The van der Waals surface area contributed by atoms with Gasteiger partial charge in [-0.1, -0.05) is 23.7 Å². The fourth-order valence-corrected chi connectivity index (χ4v) is 3.38. The molecular weight excluding hydrogens is 355 g/mol. The van der Waals surface area contributed by atoms with Crippen LogP contribution in [0.15, 0.2) is 47.5 Å². The van der Waals surface area contributed by atoms with E-state index in [0.29, 0.717) is 43.0 Å². The number of H-pyrrole nitrogens is 1. The molecule has 26 heavy (non-hydrogen) atoms. The van der Waals surface area contributed by atoms with Gasteiger partial charge in [0.05, 0.1) is 10.7 Å². The van der Waals surface area contributed by atoms with E-state index in [1.54, 1.807) is 36.7 Å². The van der Waals surface area contributed by atoms with E-state index in [1.165, 1.54) is 6.07 Å². The van der Waals surface area contributed by atoms with Crippen molar-refractivity contribution >= 4 is 11.6 Å². The number of benzene rings is 1. The van der Waals surface area contributed by atoms with Gasteiger partial charge in [0.25, 0.3) is 5.56 Å². The van der Waals surface area contributed by atoms with Crippen molar-refractivity contribution in [1.82, 2.24) is 19.9 Å². The minimum atomic E-state index is -0.392. The molecule has 4 rings (SSSR count). The number of halogens is 2. The Morgan fingerprint density at radius 1 is 1.23 bits per heavy atom. The molecule has 0 bridgehead atoms. The molecule has 3 aromatic rings. The largest absolute Gasteiger partial charge is 0.306 e. The number of nitrogens with one attached hydrogen (secondary N) is 1. The zero-order chi connectivity index (χ0) is 18.1. The molecule has 0 radical (unpaired) electrons. The van der Waals surface area contributed by atoms with Gasteiger partial charge in [-0.15, -0.1) is 0 Å². The highest BCUT2D eigenvalue weighted by molar-refractivity contribution is 6.30. The summed E-state index contributed by atoms with van der Waals surface area (Å²) in [5.41, 5.74) is 2.66. The molecule has 1 N–H and O–H groups in total. The van der Waals surface area contributed by atoms with Gasteiger partial charge in [0, 0.05) is 48.7 Å². The molecule has 5 nitrogen and oxygen atoms in total. The second kappa shape index (κ2) is 6.97. The number of aromatic nitrogens is 3. The highest BCUT2D eigenvalue weighted by atomic mass is 35.5. The SMILES string of the molecule is O=c1[nH]c(-c2ccncc2)nc2c1CCN(Cc1cccc(Cl)c1F)C2. The van der Waals surface area contributed by atoms with Gasteiger partial charge in [-0.05, 0) is 24.6 Å². The number of hydrogen-bond donors (Lipinski definition) is 1. The van der Waals surface area contributed by atoms with Crippen LogP contribution in [0, 0.1) is 5.82 Å². The maximum Gasteiger partial charge on any atom is 0.254 e. The summed E-state index contributed by atoms with van der Waals surface area (Å²) in [5, 5.41) is 0.120. The first-order valence-electron chi connectivity index (χ1n) is 8.29. The van der Waals surface area contributed by atoms with Crippen LogP contribution in [0.2, 0.25) is 5.02 Å². The predicted octanol–water partition coefficient (Wildman–Crippen LogP) is 3.18. The third kappa shape index (κ3) is 3.25. The van der Waals surface area contributed by atoms with Crippen molar-refractivity contribution < 1.29 is 4.39 Å². The highest BCUT2D eigenvalue weighted by Crippen LogP contribution is 2.23. The second-order valence-electron chi connectivity index (χ2n) is 6.25. The van der Waals surface area contributed by atoms with Crippen molar-refractivity contribution in [2.45, 2.75) is 19.5 Å². The molecule has 1 aliphatic heterocycles. The van der Waals surface area contributed by atoms with E-state index < -0.39 is 5.82 Å². The summed E-state index contributed by atoms with van der Waals surface area (Å²) < 4.78 is 14.2. The number of aromatic amines is 1. The fourth-order valence-electron chi connectivity index (χ4n) is 3.19. The molecule has 0 saturated carbocycles. The van der Waals surface area contributed by atoms with Gasteiger partial charge in [0.15, 0.2) is 0 Å². The zero-order valence-corrected chi connectivity index (χ0v) is 14.6. The van der Waals surface area contributed by atoms with E-state index >= 15 is 0 Å². The van der Waals surface area contributed by atoms with Gasteiger partial charge < -0.3 is 4.98 Å². The van der Waals surface area contributed by atoms with Crippen LogP contribution in [-0.4, -0.2) is 26.4 Å². The first-order valence-corrected chi connectivity index (χ1v) is 8.67. The molecule has 3 heterocycles. The molecule has 2 aromatic heterocycles. The van der Waals surface area contributed by atoms with Crippen LogP contribution in [0.4, 0.5) is 4.39 Å². The van der Waals surface area contributed by atoms with E-state index in [2.05, 4.69) is 19.9 Å². The van der Waals surface area contributed by atoms with E-state index in [0.717, 1.165) is 11.3 Å². The quantitative estimate of drug-likeness (QED) is 0.769. The number of fused-ring (bicyclic) bond motifs is 1. The number of nitrogens with zero attached hydrogens (tertiary/aromatic N) is 3. The molecule has 0 saturated heterocycles. The molecule has 1 aliphatic rings. The van der Waals surface area contributed by atoms with Gasteiger partial charge in [-0.25, -0.2) is 9.37 Å². The molecule has 0 amide bonds. The summed E-state index contributed by atoms with van der Waals surface area (Å²) in [7, 11) is 0. The predicted molar refractivity (Wildman–Crippen MR) is 97.3 cm³/mol. The lowest BCUT2D eigenvalue weighted by atomic mass is 10.0. The average Bonchev–Trinajstić information content (AvgIpc) is 2.66. The van der Waals surface area contributed by atoms with Crippen LogP contribution in [-0.2, 0) is 19.5 Å². The first-order chi connectivity index (χ1) is 12.6. The summed E-state index contributed by atoms with van der Waals surface area (Å²) in [4.78, 5) is 25.9. The van der Waals surface area contributed by atoms with Gasteiger partial charge in [0.2, 0.25) is 0 Å². The Kier molecular flexibility index (Phi) is 4.53. The van der Waals surface area contributed by atoms with Crippen molar-refractivity contribution in [3.05, 3.63) is 80.7 Å². The van der Waals surface area contributed by atoms with Crippen LogP contribution in [0.1, 0.15) is 16.8 Å². The van der Waals surface area contributed by atoms with Crippen molar-refractivity contribution in [2.24, 2.45) is 0 Å². The monoisotopic (exact) mass is 370 g/mol. The minimum Gasteiger partial charge on any atom is -0.306 e. The topological polar surface area (TPSA) is 61.9 Å². The third-order valence-electron chi connectivity index (χ3n) is 4.53. The molecule has 132 valence electrons. The number of hydrogen-bond acceptors (Lipinski definition) is 4. The summed E-state index contributed by atoms with van der Waals surface area (Å²) in [6.45, 7) is 1.58. The van der Waals surface area contributed by atoms with Gasteiger partial charge in [0.1, 0.15) is 11.6 Å². The van der Waals surface area contributed by atoms with Gasteiger partial charge in [-0.2, -0.15) is 0 Å². The molecular formula is C19H16ClFN4O. The molecule has 0 aliphatic carbocycles. The molecule has 1 aromatic carbocycles. The van der Waals surface area contributed by atoms with Crippen molar-refractivity contribution in [3.8, 4) is 11.4 Å². The molecule has 7 heteroatoms. The first kappa shape index (κ1) is 16.9. The maximum absolute atomic E-state index is 14.2. The Balaban J connectivity index is 1.63. The zero-order valence-electron chi connectivity index (χ0n) is 13.9. The van der Waals surface area contributed by atoms with E-state index in [4.69, 9.17) is 11.6 Å². The van der Waals surface area contributed by atoms with Crippen molar-refractivity contribution in [1.29, 1.82) is 0 Å². The average molecular weight is 371 g/mol. The third-order valence-corrected chi connectivity index (χ3v) is 4.82. The maximum atomic E-state index is 14.2. The Bertz CT molecular complexity index is 1010. The Labute approximate surface area is 154 Å². The lowest BCUT2D eigenvalue weighted by molar-refractivity contribution is 0.237. The highest BCUT2D eigenvalue weighted by Gasteiger charge is 2.22. The van der Waals surface area contributed by atoms with Crippen LogP contribution < -0.4 is 5.56 Å². The summed E-state index contributed by atoms with van der Waals surface area (Å²) >= 11 is 5.87. The number of pyridine rings is 1.